The Balaban J connectivity index is 1.50. The molecule has 1 N–H and O–H groups in total. The third-order valence-electron chi connectivity index (χ3n) is 5.64. The smallest absolute Gasteiger partial charge is 0.147 e. The maximum absolute atomic E-state index is 14.7. The molecule has 1 atom stereocenters. The van der Waals surface area contributed by atoms with Crippen molar-refractivity contribution in [1.82, 2.24) is 15.0 Å². The highest BCUT2D eigenvalue weighted by Crippen LogP contribution is 2.37. The molecule has 2 aliphatic heterocycles. The van der Waals surface area contributed by atoms with Gasteiger partial charge in [0.15, 0.2) is 0 Å². The molecule has 0 bridgehead atoms. The first-order chi connectivity index (χ1) is 13.0. The van der Waals surface area contributed by atoms with Crippen LogP contribution in [-0.4, -0.2) is 52.5 Å². The second-order valence-electron chi connectivity index (χ2n) is 8.26. The lowest BCUT2D eigenvalue weighted by Crippen LogP contribution is -2.57. The SMILES string of the molecule is Cc1cc(N2CC(C)(CO)C2)c(F)cc1-c1cn(CC2CCCCO2)nn1. The molecule has 2 aromatic rings. The van der Waals surface area contributed by atoms with E-state index in [1.807, 2.05) is 31.0 Å². The van der Waals surface area contributed by atoms with Crippen molar-refractivity contribution in [3.8, 4) is 11.3 Å². The lowest BCUT2D eigenvalue weighted by molar-refractivity contribution is 0.00370. The zero-order valence-corrected chi connectivity index (χ0v) is 16.0. The van der Waals surface area contributed by atoms with Crippen LogP contribution >= 0.6 is 0 Å². The molecule has 2 aliphatic rings. The van der Waals surface area contributed by atoms with Gasteiger partial charge in [-0.2, -0.15) is 0 Å². The molecule has 146 valence electrons. The number of hydrogen-bond donors (Lipinski definition) is 1. The fourth-order valence-electron chi connectivity index (χ4n) is 4.00. The maximum atomic E-state index is 14.7. The topological polar surface area (TPSA) is 63.4 Å². The molecule has 7 heteroatoms. The zero-order valence-electron chi connectivity index (χ0n) is 16.0. The van der Waals surface area contributed by atoms with Crippen molar-refractivity contribution in [2.75, 3.05) is 31.2 Å². The van der Waals surface area contributed by atoms with E-state index in [1.165, 1.54) is 6.42 Å². The highest BCUT2D eigenvalue weighted by molar-refractivity contribution is 5.68. The number of aromatic nitrogens is 3. The maximum Gasteiger partial charge on any atom is 0.147 e. The molecule has 1 aromatic heterocycles. The van der Waals surface area contributed by atoms with Crippen molar-refractivity contribution in [2.24, 2.45) is 5.41 Å². The summed E-state index contributed by atoms with van der Waals surface area (Å²) in [5.74, 6) is -0.263. The number of aliphatic hydroxyl groups is 1. The monoisotopic (exact) mass is 374 g/mol. The molecule has 27 heavy (non-hydrogen) atoms. The van der Waals surface area contributed by atoms with Crippen molar-refractivity contribution < 1.29 is 14.2 Å². The van der Waals surface area contributed by atoms with Gasteiger partial charge in [-0.3, -0.25) is 0 Å². The number of aryl methyl sites for hydroxylation is 1. The average Bonchev–Trinajstić information content (AvgIpc) is 3.10. The van der Waals surface area contributed by atoms with Gasteiger partial charge >= 0.3 is 0 Å². The summed E-state index contributed by atoms with van der Waals surface area (Å²) >= 11 is 0. The van der Waals surface area contributed by atoms with Crippen LogP contribution in [0.5, 0.6) is 0 Å². The zero-order chi connectivity index (χ0) is 19.0. The fourth-order valence-corrected chi connectivity index (χ4v) is 4.00. The molecule has 0 amide bonds. The summed E-state index contributed by atoms with van der Waals surface area (Å²) in [7, 11) is 0. The van der Waals surface area contributed by atoms with Gasteiger partial charge in [0.25, 0.3) is 0 Å². The summed E-state index contributed by atoms with van der Waals surface area (Å²) in [4.78, 5) is 1.97. The number of aliphatic hydroxyl groups excluding tert-OH is 1. The van der Waals surface area contributed by atoms with Crippen molar-refractivity contribution >= 4 is 5.69 Å². The summed E-state index contributed by atoms with van der Waals surface area (Å²) in [6.07, 6.45) is 5.40. The van der Waals surface area contributed by atoms with E-state index in [4.69, 9.17) is 4.74 Å². The number of nitrogens with zero attached hydrogens (tertiary/aromatic N) is 4. The van der Waals surface area contributed by atoms with Crippen molar-refractivity contribution in [2.45, 2.75) is 45.8 Å². The summed E-state index contributed by atoms with van der Waals surface area (Å²) < 4.78 is 22.3. The predicted octanol–water partition coefficient (Wildman–Crippen LogP) is 2.78. The number of hydrogen-bond acceptors (Lipinski definition) is 5. The Labute approximate surface area is 158 Å². The fraction of sp³-hybridized carbons (Fsp3) is 0.600. The summed E-state index contributed by atoms with van der Waals surface area (Å²) in [5.41, 5.74) is 2.85. The minimum atomic E-state index is -0.263. The summed E-state index contributed by atoms with van der Waals surface area (Å²) in [6.45, 7) is 6.91. The molecule has 2 fully saturated rings. The first-order valence-corrected chi connectivity index (χ1v) is 9.65. The van der Waals surface area contributed by atoms with Crippen LogP contribution < -0.4 is 4.90 Å². The van der Waals surface area contributed by atoms with Crippen molar-refractivity contribution in [3.05, 3.63) is 29.7 Å². The van der Waals surface area contributed by atoms with Gasteiger partial charge in [0.1, 0.15) is 11.5 Å². The van der Waals surface area contributed by atoms with Gasteiger partial charge in [-0.1, -0.05) is 12.1 Å². The Hall–Kier alpha value is -1.99. The lowest BCUT2D eigenvalue weighted by Gasteiger charge is -2.48. The van der Waals surface area contributed by atoms with Crippen LogP contribution in [-0.2, 0) is 11.3 Å². The number of ether oxygens (including phenoxy) is 1. The number of anilines is 1. The average molecular weight is 374 g/mol. The molecular formula is C20H27FN4O2. The van der Waals surface area contributed by atoms with Gasteiger partial charge in [0.05, 0.1) is 31.1 Å². The highest BCUT2D eigenvalue weighted by atomic mass is 19.1. The molecule has 2 saturated heterocycles. The van der Waals surface area contributed by atoms with Crippen LogP contribution in [0.1, 0.15) is 31.7 Å². The minimum absolute atomic E-state index is 0.121. The van der Waals surface area contributed by atoms with Crippen LogP contribution in [0, 0.1) is 18.2 Å². The standard InChI is InChI=1S/C20H27FN4O2/c1-14-7-19(24-11-20(2,12-24)13-26)17(21)8-16(14)18-10-25(23-22-18)9-15-5-3-4-6-27-15/h7-8,10,15,26H,3-6,9,11-13H2,1-2H3. The van der Waals surface area contributed by atoms with Crippen LogP contribution in [0.4, 0.5) is 10.1 Å². The van der Waals surface area contributed by atoms with Crippen molar-refractivity contribution in [3.63, 3.8) is 0 Å². The highest BCUT2D eigenvalue weighted by Gasteiger charge is 2.39. The minimum Gasteiger partial charge on any atom is -0.396 e. The first kappa shape index (κ1) is 18.4. The van der Waals surface area contributed by atoms with E-state index in [0.717, 1.165) is 30.6 Å². The Morgan fingerprint density at radius 1 is 1.33 bits per heavy atom. The van der Waals surface area contributed by atoms with Gasteiger partial charge in [0, 0.05) is 30.7 Å². The van der Waals surface area contributed by atoms with Gasteiger partial charge in [-0.15, -0.1) is 5.10 Å². The third-order valence-corrected chi connectivity index (χ3v) is 5.64. The third kappa shape index (κ3) is 3.71. The Bertz CT molecular complexity index is 810. The molecule has 1 unspecified atom stereocenters. The van der Waals surface area contributed by atoms with E-state index in [-0.39, 0.29) is 23.9 Å². The summed E-state index contributed by atoms with van der Waals surface area (Å²) in [6, 6.07) is 3.41. The molecule has 1 aromatic carbocycles. The molecular weight excluding hydrogens is 347 g/mol. The Morgan fingerprint density at radius 3 is 2.85 bits per heavy atom. The molecule has 3 heterocycles. The normalized spacial score (nSPS) is 21.9. The second kappa shape index (κ2) is 7.20. The van der Waals surface area contributed by atoms with Crippen LogP contribution in [0.3, 0.4) is 0 Å². The van der Waals surface area contributed by atoms with Gasteiger partial charge in [0.2, 0.25) is 0 Å². The lowest BCUT2D eigenvalue weighted by atomic mass is 9.82. The first-order valence-electron chi connectivity index (χ1n) is 9.65. The second-order valence-corrected chi connectivity index (χ2v) is 8.26. The van der Waals surface area contributed by atoms with E-state index in [1.54, 1.807) is 10.7 Å². The Morgan fingerprint density at radius 2 is 2.15 bits per heavy atom. The van der Waals surface area contributed by atoms with Crippen molar-refractivity contribution in [1.29, 1.82) is 0 Å². The van der Waals surface area contributed by atoms with E-state index in [2.05, 4.69) is 10.3 Å². The number of halogens is 1. The van der Waals surface area contributed by atoms with Crippen LogP contribution in [0.25, 0.3) is 11.3 Å². The predicted molar refractivity (Wildman–Crippen MR) is 101 cm³/mol. The molecule has 0 radical (unpaired) electrons. The number of rotatable bonds is 5. The molecule has 0 aliphatic carbocycles. The van der Waals surface area contributed by atoms with Gasteiger partial charge < -0.3 is 14.7 Å². The molecule has 4 rings (SSSR count). The van der Waals surface area contributed by atoms with E-state index in [9.17, 15) is 9.50 Å². The van der Waals surface area contributed by atoms with Crippen LogP contribution in [0.2, 0.25) is 0 Å². The van der Waals surface area contributed by atoms with Gasteiger partial charge in [-0.25, -0.2) is 9.07 Å². The van der Waals surface area contributed by atoms with E-state index >= 15 is 0 Å². The van der Waals surface area contributed by atoms with E-state index in [0.29, 0.717) is 31.0 Å². The summed E-state index contributed by atoms with van der Waals surface area (Å²) in [5, 5.41) is 17.8. The largest absolute Gasteiger partial charge is 0.396 e. The Kier molecular flexibility index (Phi) is 4.90. The molecule has 0 spiro atoms. The van der Waals surface area contributed by atoms with Gasteiger partial charge in [-0.05, 0) is 43.9 Å². The van der Waals surface area contributed by atoms with Crippen LogP contribution in [0.15, 0.2) is 18.3 Å². The number of benzene rings is 1. The molecule has 0 saturated carbocycles. The quantitative estimate of drug-likeness (QED) is 0.872. The molecule has 6 nitrogen and oxygen atoms in total. The van der Waals surface area contributed by atoms with E-state index < -0.39 is 0 Å².